The number of nitrogens with zero attached hydrogens (tertiary/aromatic N) is 5. The van der Waals surface area contributed by atoms with Gasteiger partial charge in [-0.05, 0) is 30.2 Å². The zero-order chi connectivity index (χ0) is 17.7. The highest BCUT2D eigenvalue weighted by molar-refractivity contribution is 5.77. The minimum absolute atomic E-state index is 0.133. The number of halogens is 1. The number of benzene rings is 1. The van der Waals surface area contributed by atoms with Crippen LogP contribution >= 0.6 is 0 Å². The molecule has 7 nitrogen and oxygen atoms in total. The molecule has 1 aromatic carbocycles. The Morgan fingerprint density at radius 2 is 2.08 bits per heavy atom. The molecule has 1 aliphatic carbocycles. The zero-order valence-corrected chi connectivity index (χ0v) is 13.8. The van der Waals surface area contributed by atoms with Crippen LogP contribution in [0.25, 0.3) is 11.4 Å². The van der Waals surface area contributed by atoms with E-state index in [0.29, 0.717) is 18.4 Å². The standard InChI is InChI=1S/C17H19FN6O/c18-14-7-5-6-13(10-14)16-21-23-24(22-16)11-15(25)20-17(12-19)8-3-1-2-4-9-17/h5-7,10H,1-4,8-9,11H2,(H,20,25). The van der Waals surface area contributed by atoms with Gasteiger partial charge in [-0.15, -0.1) is 10.2 Å². The molecule has 25 heavy (non-hydrogen) atoms. The Labute approximate surface area is 144 Å². The second kappa shape index (κ2) is 7.38. The Kier molecular flexibility index (Phi) is 5.03. The third-order valence-electron chi connectivity index (χ3n) is 4.37. The summed E-state index contributed by atoms with van der Waals surface area (Å²) in [6.07, 6.45) is 5.35. The van der Waals surface area contributed by atoms with Gasteiger partial charge in [0.25, 0.3) is 0 Å². The number of hydrogen-bond acceptors (Lipinski definition) is 5. The minimum atomic E-state index is -0.806. The van der Waals surface area contributed by atoms with E-state index in [4.69, 9.17) is 0 Å². The van der Waals surface area contributed by atoms with Crippen molar-refractivity contribution in [1.82, 2.24) is 25.5 Å². The third kappa shape index (κ3) is 4.18. The van der Waals surface area contributed by atoms with Gasteiger partial charge in [-0.3, -0.25) is 4.79 Å². The summed E-state index contributed by atoms with van der Waals surface area (Å²) < 4.78 is 13.3. The van der Waals surface area contributed by atoms with Crippen LogP contribution in [0.4, 0.5) is 4.39 Å². The van der Waals surface area contributed by atoms with E-state index in [1.165, 1.54) is 12.1 Å². The lowest BCUT2D eigenvalue weighted by molar-refractivity contribution is -0.123. The monoisotopic (exact) mass is 342 g/mol. The second-order valence-corrected chi connectivity index (χ2v) is 6.31. The van der Waals surface area contributed by atoms with Gasteiger partial charge in [0.1, 0.15) is 17.9 Å². The molecule has 1 saturated carbocycles. The van der Waals surface area contributed by atoms with Gasteiger partial charge in [-0.25, -0.2) is 4.39 Å². The van der Waals surface area contributed by atoms with Crippen molar-refractivity contribution in [3.05, 3.63) is 30.1 Å². The number of carbonyl (C=O) groups excluding carboxylic acids is 1. The molecule has 0 aliphatic heterocycles. The summed E-state index contributed by atoms with van der Waals surface area (Å²) in [5.74, 6) is -0.473. The molecule has 0 unspecified atom stereocenters. The molecule has 1 aromatic heterocycles. The Morgan fingerprint density at radius 1 is 1.32 bits per heavy atom. The normalized spacial score (nSPS) is 16.6. The van der Waals surface area contributed by atoms with Gasteiger partial charge in [-0.2, -0.15) is 10.1 Å². The van der Waals surface area contributed by atoms with Gasteiger partial charge < -0.3 is 5.32 Å². The zero-order valence-electron chi connectivity index (χ0n) is 13.8. The van der Waals surface area contributed by atoms with Gasteiger partial charge in [0.15, 0.2) is 0 Å². The average Bonchev–Trinajstić information content (AvgIpc) is 2.93. The SMILES string of the molecule is N#CC1(NC(=O)Cn2nnc(-c3cccc(F)c3)n2)CCCCCC1. The van der Waals surface area contributed by atoms with E-state index in [1.807, 2.05) is 0 Å². The molecule has 0 saturated heterocycles. The smallest absolute Gasteiger partial charge is 0.244 e. The number of amides is 1. The summed E-state index contributed by atoms with van der Waals surface area (Å²) in [6, 6.07) is 8.13. The quantitative estimate of drug-likeness (QED) is 0.859. The fourth-order valence-corrected chi connectivity index (χ4v) is 3.09. The molecule has 0 radical (unpaired) electrons. The number of carbonyl (C=O) groups is 1. The van der Waals surface area contributed by atoms with E-state index >= 15 is 0 Å². The topological polar surface area (TPSA) is 96.5 Å². The molecule has 0 bridgehead atoms. The van der Waals surface area contributed by atoms with E-state index in [-0.39, 0.29) is 18.3 Å². The number of aromatic nitrogens is 4. The highest BCUT2D eigenvalue weighted by atomic mass is 19.1. The van der Waals surface area contributed by atoms with E-state index in [0.717, 1.165) is 30.5 Å². The van der Waals surface area contributed by atoms with Crippen molar-refractivity contribution in [2.45, 2.75) is 50.6 Å². The maximum Gasteiger partial charge on any atom is 0.244 e. The fraction of sp³-hybridized carbons (Fsp3) is 0.471. The van der Waals surface area contributed by atoms with Crippen molar-refractivity contribution in [3.63, 3.8) is 0 Å². The summed E-state index contributed by atoms with van der Waals surface area (Å²) in [5.41, 5.74) is -0.316. The molecule has 0 spiro atoms. The predicted molar refractivity (Wildman–Crippen MR) is 87.4 cm³/mol. The van der Waals surface area contributed by atoms with Crippen molar-refractivity contribution >= 4 is 5.91 Å². The predicted octanol–water partition coefficient (Wildman–Crippen LogP) is 2.21. The maximum atomic E-state index is 13.3. The molecule has 1 heterocycles. The van der Waals surface area contributed by atoms with Crippen LogP contribution in [0.15, 0.2) is 24.3 Å². The first kappa shape index (κ1) is 17.0. The molecular weight excluding hydrogens is 323 g/mol. The van der Waals surface area contributed by atoms with Gasteiger partial charge in [-0.1, -0.05) is 37.8 Å². The van der Waals surface area contributed by atoms with Crippen molar-refractivity contribution in [3.8, 4) is 17.5 Å². The van der Waals surface area contributed by atoms with Crippen molar-refractivity contribution in [1.29, 1.82) is 5.26 Å². The molecule has 1 aliphatic rings. The first-order chi connectivity index (χ1) is 12.1. The maximum absolute atomic E-state index is 13.3. The highest BCUT2D eigenvalue weighted by Gasteiger charge is 2.32. The molecule has 2 aromatic rings. The lowest BCUT2D eigenvalue weighted by atomic mass is 9.92. The van der Waals surface area contributed by atoms with Crippen LogP contribution in [0, 0.1) is 17.1 Å². The van der Waals surface area contributed by atoms with E-state index in [2.05, 4.69) is 26.8 Å². The van der Waals surface area contributed by atoms with E-state index < -0.39 is 11.4 Å². The Morgan fingerprint density at radius 3 is 2.76 bits per heavy atom. The Hall–Kier alpha value is -2.82. The molecule has 1 N–H and O–H groups in total. The molecular formula is C17H19FN6O. The van der Waals surface area contributed by atoms with Crippen LogP contribution in [0.5, 0.6) is 0 Å². The lowest BCUT2D eigenvalue weighted by Crippen LogP contribution is -2.48. The van der Waals surface area contributed by atoms with E-state index in [9.17, 15) is 14.4 Å². The summed E-state index contributed by atoms with van der Waals surface area (Å²) >= 11 is 0. The number of rotatable bonds is 4. The minimum Gasteiger partial charge on any atom is -0.336 e. The third-order valence-corrected chi connectivity index (χ3v) is 4.37. The van der Waals surface area contributed by atoms with Crippen LogP contribution in [0.1, 0.15) is 38.5 Å². The van der Waals surface area contributed by atoms with Crippen LogP contribution in [0.3, 0.4) is 0 Å². The Balaban J connectivity index is 1.66. The Bertz CT molecular complexity index is 788. The van der Waals surface area contributed by atoms with Gasteiger partial charge >= 0.3 is 0 Å². The number of tetrazole rings is 1. The van der Waals surface area contributed by atoms with Crippen LogP contribution in [-0.4, -0.2) is 31.7 Å². The van der Waals surface area contributed by atoms with Gasteiger partial charge in [0, 0.05) is 5.56 Å². The summed E-state index contributed by atoms with van der Waals surface area (Å²) in [7, 11) is 0. The number of nitrogens with one attached hydrogen (secondary N) is 1. The first-order valence-electron chi connectivity index (χ1n) is 8.36. The van der Waals surface area contributed by atoms with Crippen molar-refractivity contribution in [2.24, 2.45) is 0 Å². The van der Waals surface area contributed by atoms with Crippen LogP contribution in [0.2, 0.25) is 0 Å². The molecule has 8 heteroatoms. The largest absolute Gasteiger partial charge is 0.336 e. The number of hydrogen-bond donors (Lipinski definition) is 1. The van der Waals surface area contributed by atoms with Crippen molar-refractivity contribution in [2.75, 3.05) is 0 Å². The average molecular weight is 342 g/mol. The first-order valence-corrected chi connectivity index (χ1v) is 8.36. The fourth-order valence-electron chi connectivity index (χ4n) is 3.09. The highest BCUT2D eigenvalue weighted by Crippen LogP contribution is 2.26. The summed E-state index contributed by atoms with van der Waals surface area (Å²) in [5, 5.41) is 24.1. The van der Waals surface area contributed by atoms with Crippen LogP contribution in [-0.2, 0) is 11.3 Å². The molecule has 130 valence electrons. The van der Waals surface area contributed by atoms with Gasteiger partial charge in [0.2, 0.25) is 11.7 Å². The number of nitriles is 1. The lowest BCUT2D eigenvalue weighted by Gasteiger charge is -2.26. The molecule has 1 amide bonds. The molecule has 0 atom stereocenters. The second-order valence-electron chi connectivity index (χ2n) is 6.31. The van der Waals surface area contributed by atoms with E-state index in [1.54, 1.807) is 12.1 Å². The van der Waals surface area contributed by atoms with Crippen molar-refractivity contribution < 1.29 is 9.18 Å². The van der Waals surface area contributed by atoms with Gasteiger partial charge in [0.05, 0.1) is 6.07 Å². The summed E-state index contributed by atoms with van der Waals surface area (Å²) in [6.45, 7) is -0.133. The summed E-state index contributed by atoms with van der Waals surface area (Å²) in [4.78, 5) is 13.5. The molecule has 3 rings (SSSR count). The molecule has 1 fully saturated rings. The van der Waals surface area contributed by atoms with Crippen LogP contribution < -0.4 is 5.32 Å².